The lowest BCUT2D eigenvalue weighted by atomic mass is 10.1. The Kier molecular flexibility index (Phi) is 54.9. The summed E-state index contributed by atoms with van der Waals surface area (Å²) in [4.78, 5) is 25.5. The number of carbonyl (C=O) groups is 2. The van der Waals surface area contributed by atoms with Gasteiger partial charge >= 0.3 is 11.9 Å². The third kappa shape index (κ3) is 54.2. The fraction of sp³-hybridized carbons (Fsp3) is 0.803. The molecule has 66 heavy (non-hydrogen) atoms. The van der Waals surface area contributed by atoms with Crippen molar-refractivity contribution in [1.82, 2.24) is 0 Å². The Morgan fingerprint density at radius 2 is 0.652 bits per heavy atom. The van der Waals surface area contributed by atoms with Gasteiger partial charge in [-0.1, -0.05) is 236 Å². The van der Waals surface area contributed by atoms with Crippen LogP contribution in [0.3, 0.4) is 0 Å². The summed E-state index contributed by atoms with van der Waals surface area (Å²) in [6.07, 6.45) is 72.3. The third-order valence-electron chi connectivity index (χ3n) is 12.5. The summed E-state index contributed by atoms with van der Waals surface area (Å²) in [5.74, 6) is -0.400. The van der Waals surface area contributed by atoms with Crippen molar-refractivity contribution in [3.05, 3.63) is 60.8 Å². The maximum Gasteiger partial charge on any atom is 0.306 e. The molecule has 0 aromatic rings. The van der Waals surface area contributed by atoms with Gasteiger partial charge in [0.2, 0.25) is 0 Å². The van der Waals surface area contributed by atoms with Gasteiger partial charge in [-0.15, -0.1) is 0 Å². The molecule has 5 nitrogen and oxygen atoms in total. The van der Waals surface area contributed by atoms with Gasteiger partial charge in [0.1, 0.15) is 6.61 Å². The lowest BCUT2D eigenvalue weighted by Crippen LogP contribution is -2.30. The molecule has 0 saturated carbocycles. The summed E-state index contributed by atoms with van der Waals surface area (Å²) in [5.41, 5.74) is 0. The number of ether oxygens (including phenoxy) is 3. The first kappa shape index (κ1) is 63.6. The molecule has 1 atom stereocenters. The average Bonchev–Trinajstić information content (AvgIpc) is 3.32. The van der Waals surface area contributed by atoms with E-state index < -0.39 is 6.10 Å². The molecular weight excluding hydrogens is 813 g/mol. The Morgan fingerprint density at radius 1 is 0.333 bits per heavy atom. The Balaban J connectivity index is 4.23. The number of esters is 2. The van der Waals surface area contributed by atoms with Gasteiger partial charge in [-0.25, -0.2) is 0 Å². The number of hydrogen-bond acceptors (Lipinski definition) is 5. The maximum absolute atomic E-state index is 12.9. The highest BCUT2D eigenvalue weighted by molar-refractivity contribution is 5.70. The molecule has 0 saturated heterocycles. The number of unbranched alkanes of at least 4 members (excludes halogenated alkanes) is 32. The van der Waals surface area contributed by atoms with E-state index in [1.54, 1.807) is 0 Å². The van der Waals surface area contributed by atoms with Crippen LogP contribution in [0.2, 0.25) is 0 Å². The molecule has 0 spiro atoms. The summed E-state index contributed by atoms with van der Waals surface area (Å²) < 4.78 is 17.5. The Bertz CT molecular complexity index is 1130. The molecule has 1 unspecified atom stereocenters. The zero-order valence-electron chi connectivity index (χ0n) is 44.2. The van der Waals surface area contributed by atoms with E-state index in [1.807, 2.05) is 0 Å². The first-order chi connectivity index (χ1) is 32.6. The summed E-state index contributed by atoms with van der Waals surface area (Å²) >= 11 is 0. The second kappa shape index (κ2) is 56.9. The van der Waals surface area contributed by atoms with E-state index in [-0.39, 0.29) is 25.2 Å². The molecule has 5 heteroatoms. The lowest BCUT2D eigenvalue weighted by molar-refractivity contribution is -0.163. The smallest absolute Gasteiger partial charge is 0.306 e. The molecule has 0 heterocycles. The minimum absolute atomic E-state index is 0.0796. The van der Waals surface area contributed by atoms with Gasteiger partial charge in [-0.3, -0.25) is 9.59 Å². The van der Waals surface area contributed by atoms with Gasteiger partial charge in [-0.2, -0.15) is 0 Å². The zero-order chi connectivity index (χ0) is 47.7. The highest BCUT2D eigenvalue weighted by atomic mass is 16.6. The van der Waals surface area contributed by atoms with Gasteiger partial charge in [0.05, 0.1) is 6.61 Å². The predicted molar refractivity (Wildman–Crippen MR) is 288 cm³/mol. The van der Waals surface area contributed by atoms with Gasteiger partial charge < -0.3 is 14.2 Å². The van der Waals surface area contributed by atoms with Gasteiger partial charge in [0.25, 0.3) is 0 Å². The van der Waals surface area contributed by atoms with Crippen LogP contribution in [0.1, 0.15) is 290 Å². The van der Waals surface area contributed by atoms with E-state index in [2.05, 4.69) is 81.5 Å². The molecule has 0 fully saturated rings. The summed E-state index contributed by atoms with van der Waals surface area (Å²) in [6, 6.07) is 0. The zero-order valence-corrected chi connectivity index (χ0v) is 44.2. The van der Waals surface area contributed by atoms with E-state index in [1.165, 1.54) is 199 Å². The molecule has 0 aromatic carbocycles. The van der Waals surface area contributed by atoms with Crippen molar-refractivity contribution in [2.24, 2.45) is 0 Å². The van der Waals surface area contributed by atoms with Crippen molar-refractivity contribution in [2.45, 2.75) is 297 Å². The molecule has 0 amide bonds. The number of allylic oxidation sites excluding steroid dienone is 10. The first-order valence-electron chi connectivity index (χ1n) is 28.8. The lowest BCUT2D eigenvalue weighted by Gasteiger charge is -2.18. The summed E-state index contributed by atoms with van der Waals surface area (Å²) in [5, 5.41) is 0. The van der Waals surface area contributed by atoms with Crippen molar-refractivity contribution in [1.29, 1.82) is 0 Å². The summed E-state index contributed by atoms with van der Waals surface area (Å²) in [6.45, 7) is 7.76. The van der Waals surface area contributed by atoms with Crippen molar-refractivity contribution in [2.75, 3.05) is 19.8 Å². The predicted octanol–water partition coefficient (Wildman–Crippen LogP) is 19.7. The van der Waals surface area contributed by atoms with E-state index in [9.17, 15) is 9.59 Å². The van der Waals surface area contributed by atoms with Crippen LogP contribution in [0, 0.1) is 0 Å². The van der Waals surface area contributed by atoms with Crippen molar-refractivity contribution < 1.29 is 23.8 Å². The highest BCUT2D eigenvalue weighted by Gasteiger charge is 2.17. The molecule has 0 rings (SSSR count). The van der Waals surface area contributed by atoms with E-state index >= 15 is 0 Å². The number of hydrogen-bond donors (Lipinski definition) is 0. The van der Waals surface area contributed by atoms with Crippen LogP contribution in [0.4, 0.5) is 0 Å². The van der Waals surface area contributed by atoms with Crippen LogP contribution in [0.25, 0.3) is 0 Å². The van der Waals surface area contributed by atoms with Crippen LogP contribution in [0.5, 0.6) is 0 Å². The molecule has 0 aliphatic rings. The van der Waals surface area contributed by atoms with Gasteiger partial charge in [-0.05, 0) is 103 Å². The monoisotopic (exact) mass is 923 g/mol. The standard InChI is InChI=1S/C61H110O5/c1-4-7-10-13-16-19-22-25-27-29-31-33-35-37-39-42-45-48-51-54-60(62)65-58-59(57-64-56-53-50-47-44-41-24-21-18-15-12-9-6-3)66-61(63)55-52-49-46-43-40-38-36-34-32-30-28-26-23-20-17-14-11-8-5-2/h15-20,25-28,59H,4-14,21-24,29-58H2,1-3H3/b18-15-,19-16-,20-17-,27-25-,28-26-. The van der Waals surface area contributed by atoms with Gasteiger partial charge in [0, 0.05) is 19.4 Å². The molecule has 0 bridgehead atoms. The molecule has 0 aliphatic heterocycles. The fourth-order valence-corrected chi connectivity index (χ4v) is 8.14. The van der Waals surface area contributed by atoms with Crippen LogP contribution < -0.4 is 0 Å². The largest absolute Gasteiger partial charge is 0.462 e. The minimum Gasteiger partial charge on any atom is -0.462 e. The van der Waals surface area contributed by atoms with E-state index in [4.69, 9.17) is 14.2 Å². The number of carbonyl (C=O) groups excluding carboxylic acids is 2. The Labute approximate surface area is 411 Å². The third-order valence-corrected chi connectivity index (χ3v) is 12.5. The first-order valence-corrected chi connectivity index (χ1v) is 28.8. The SMILES string of the molecule is CCCC/C=C\CCCCCCCCOCC(COC(=O)CCCCCCCCCCC/C=C\C/C=C\CCCCC)OC(=O)CCCCCCCCCCC/C=C\C/C=C\CCCCC. The topological polar surface area (TPSA) is 61.8 Å². The van der Waals surface area contributed by atoms with Gasteiger partial charge in [0.15, 0.2) is 6.10 Å². The summed E-state index contributed by atoms with van der Waals surface area (Å²) in [7, 11) is 0. The van der Waals surface area contributed by atoms with E-state index in [0.29, 0.717) is 19.4 Å². The maximum atomic E-state index is 12.9. The molecule has 384 valence electrons. The molecular formula is C61H110O5. The Hall–Kier alpha value is -2.40. The molecule has 0 radical (unpaired) electrons. The van der Waals surface area contributed by atoms with Crippen molar-refractivity contribution in [3.63, 3.8) is 0 Å². The van der Waals surface area contributed by atoms with Crippen LogP contribution in [-0.4, -0.2) is 37.9 Å². The van der Waals surface area contributed by atoms with Crippen molar-refractivity contribution >= 4 is 11.9 Å². The van der Waals surface area contributed by atoms with Crippen LogP contribution >= 0.6 is 0 Å². The van der Waals surface area contributed by atoms with Crippen molar-refractivity contribution in [3.8, 4) is 0 Å². The quantitative estimate of drug-likeness (QED) is 0.0346. The number of rotatable bonds is 53. The average molecular weight is 924 g/mol. The Morgan fingerprint density at radius 3 is 1.06 bits per heavy atom. The highest BCUT2D eigenvalue weighted by Crippen LogP contribution is 2.15. The second-order valence-electron chi connectivity index (χ2n) is 19.2. The second-order valence-corrected chi connectivity index (χ2v) is 19.2. The van der Waals surface area contributed by atoms with Crippen LogP contribution in [-0.2, 0) is 23.8 Å². The molecule has 0 aromatic heterocycles. The molecule has 0 aliphatic carbocycles. The minimum atomic E-state index is -0.544. The normalized spacial score (nSPS) is 12.6. The molecule has 0 N–H and O–H groups in total. The fourth-order valence-electron chi connectivity index (χ4n) is 8.14. The van der Waals surface area contributed by atoms with E-state index in [0.717, 1.165) is 57.8 Å². The van der Waals surface area contributed by atoms with Crippen LogP contribution in [0.15, 0.2) is 60.8 Å².